The van der Waals surface area contributed by atoms with Gasteiger partial charge in [-0.15, -0.1) is 0 Å². The first-order chi connectivity index (χ1) is 10.2. The number of benzene rings is 1. The number of anilines is 1. The third-order valence-electron chi connectivity index (χ3n) is 4.39. The Bertz CT molecular complexity index is 712. The van der Waals surface area contributed by atoms with Crippen molar-refractivity contribution in [2.75, 3.05) is 5.32 Å². The van der Waals surface area contributed by atoms with Gasteiger partial charge >= 0.3 is 0 Å². The number of fused-ring (bicyclic) bond motifs is 3. The lowest BCUT2D eigenvalue weighted by Gasteiger charge is -2.37. The van der Waals surface area contributed by atoms with Crippen LogP contribution in [0.4, 0.5) is 14.5 Å². The van der Waals surface area contributed by atoms with E-state index in [1.165, 1.54) is 6.07 Å². The van der Waals surface area contributed by atoms with Gasteiger partial charge in [-0.25, -0.2) is 8.78 Å². The van der Waals surface area contributed by atoms with E-state index in [1.54, 1.807) is 6.20 Å². The topological polar surface area (TPSA) is 24.9 Å². The molecule has 1 aliphatic carbocycles. The summed E-state index contributed by atoms with van der Waals surface area (Å²) < 4.78 is 27.7. The van der Waals surface area contributed by atoms with Crippen LogP contribution >= 0.6 is 0 Å². The predicted octanol–water partition coefficient (Wildman–Crippen LogP) is 4.19. The van der Waals surface area contributed by atoms with Crippen molar-refractivity contribution in [3.8, 4) is 0 Å². The Morgan fingerprint density at radius 1 is 1.19 bits per heavy atom. The van der Waals surface area contributed by atoms with Crippen molar-refractivity contribution in [1.82, 2.24) is 4.98 Å². The minimum absolute atomic E-state index is 0.0402. The van der Waals surface area contributed by atoms with Gasteiger partial charge in [0.15, 0.2) is 0 Å². The van der Waals surface area contributed by atoms with Crippen LogP contribution in [0.2, 0.25) is 0 Å². The Morgan fingerprint density at radius 3 is 2.90 bits per heavy atom. The summed E-state index contributed by atoms with van der Waals surface area (Å²) in [6.07, 6.45) is 6.77. The highest BCUT2D eigenvalue weighted by Crippen LogP contribution is 2.50. The van der Waals surface area contributed by atoms with Crippen molar-refractivity contribution in [1.29, 1.82) is 0 Å². The van der Waals surface area contributed by atoms with Crippen LogP contribution < -0.4 is 5.32 Å². The molecule has 0 amide bonds. The fourth-order valence-corrected chi connectivity index (χ4v) is 3.47. The maximum absolute atomic E-state index is 14.1. The van der Waals surface area contributed by atoms with E-state index in [4.69, 9.17) is 0 Å². The lowest BCUT2D eigenvalue weighted by Crippen LogP contribution is -2.30. The summed E-state index contributed by atoms with van der Waals surface area (Å²) in [6, 6.07) is 8.05. The van der Waals surface area contributed by atoms with E-state index in [9.17, 15) is 8.78 Å². The molecule has 0 bridgehead atoms. The quantitative estimate of drug-likeness (QED) is 0.794. The highest BCUT2D eigenvalue weighted by molar-refractivity contribution is 5.60. The Balaban J connectivity index is 1.84. The van der Waals surface area contributed by atoms with E-state index in [1.807, 2.05) is 18.2 Å². The number of halogens is 2. The van der Waals surface area contributed by atoms with Crippen molar-refractivity contribution >= 4 is 5.69 Å². The monoisotopic (exact) mass is 284 g/mol. The summed E-state index contributed by atoms with van der Waals surface area (Å²) in [4.78, 5) is 4.40. The Morgan fingerprint density at radius 2 is 2.10 bits per heavy atom. The molecule has 21 heavy (non-hydrogen) atoms. The maximum atomic E-state index is 14.1. The fraction of sp³-hybridized carbons (Fsp3) is 0.235. The number of pyridine rings is 1. The molecular weight excluding hydrogens is 270 g/mol. The number of nitrogens with zero attached hydrogens (tertiary/aromatic N) is 1. The van der Waals surface area contributed by atoms with Gasteiger partial charge in [-0.1, -0.05) is 18.2 Å². The minimum Gasteiger partial charge on any atom is -0.374 e. The smallest absolute Gasteiger partial charge is 0.149 e. The van der Waals surface area contributed by atoms with Gasteiger partial charge in [-0.2, -0.15) is 0 Å². The van der Waals surface area contributed by atoms with E-state index in [2.05, 4.69) is 22.5 Å². The van der Waals surface area contributed by atoms with Crippen LogP contribution in [0.3, 0.4) is 0 Å². The summed E-state index contributed by atoms with van der Waals surface area (Å²) in [6.45, 7) is 0. The van der Waals surface area contributed by atoms with Gasteiger partial charge in [-0.3, -0.25) is 4.98 Å². The molecule has 0 spiro atoms. The summed E-state index contributed by atoms with van der Waals surface area (Å²) in [5.74, 6) is -0.778. The first-order valence-corrected chi connectivity index (χ1v) is 7.07. The maximum Gasteiger partial charge on any atom is 0.149 e. The molecule has 1 aromatic carbocycles. The van der Waals surface area contributed by atoms with Crippen molar-refractivity contribution < 1.29 is 8.78 Å². The summed E-state index contributed by atoms with van der Waals surface area (Å²) in [5, 5.41) is 3.24. The SMILES string of the molecule is Fc1cc(F)c2c(c1)C1C=CCC1[C@@H](c1ccccn1)N2. The van der Waals surface area contributed by atoms with Crippen molar-refractivity contribution in [3.63, 3.8) is 0 Å². The molecule has 2 aliphatic rings. The van der Waals surface area contributed by atoms with E-state index in [0.717, 1.165) is 18.2 Å². The van der Waals surface area contributed by atoms with Crippen molar-refractivity contribution in [3.05, 3.63) is 71.6 Å². The summed E-state index contributed by atoms with van der Waals surface area (Å²) in [5.41, 5.74) is 2.00. The van der Waals surface area contributed by atoms with Crippen LogP contribution in [0.15, 0.2) is 48.7 Å². The number of hydrogen-bond donors (Lipinski definition) is 1. The zero-order valence-corrected chi connectivity index (χ0v) is 11.3. The second kappa shape index (κ2) is 4.65. The predicted molar refractivity (Wildman–Crippen MR) is 76.9 cm³/mol. The second-order valence-corrected chi connectivity index (χ2v) is 5.58. The average molecular weight is 284 g/mol. The molecule has 2 aromatic rings. The van der Waals surface area contributed by atoms with E-state index < -0.39 is 11.6 Å². The summed E-state index contributed by atoms with van der Waals surface area (Å²) >= 11 is 0. The number of nitrogens with one attached hydrogen (secondary N) is 1. The van der Waals surface area contributed by atoms with Crippen molar-refractivity contribution in [2.24, 2.45) is 5.92 Å². The molecule has 0 fully saturated rings. The number of allylic oxidation sites excluding steroid dienone is 2. The largest absolute Gasteiger partial charge is 0.374 e. The van der Waals surface area contributed by atoms with Crippen LogP contribution in [0, 0.1) is 17.6 Å². The zero-order chi connectivity index (χ0) is 14.4. The molecule has 3 atom stereocenters. The first kappa shape index (κ1) is 12.5. The van der Waals surface area contributed by atoms with Crippen LogP contribution in [0.25, 0.3) is 0 Å². The molecule has 2 unspecified atom stereocenters. The van der Waals surface area contributed by atoms with E-state index in [0.29, 0.717) is 11.3 Å². The molecule has 4 heteroatoms. The van der Waals surface area contributed by atoms with Gasteiger partial charge in [0.25, 0.3) is 0 Å². The lowest BCUT2D eigenvalue weighted by molar-refractivity contribution is 0.412. The minimum atomic E-state index is -0.537. The molecule has 0 saturated heterocycles. The standard InChI is InChI=1S/C17H14F2N2/c18-10-8-13-11-4-3-5-12(11)17(15-6-1-2-7-20-15)21-16(13)14(19)9-10/h1-4,6-9,11-12,17,21H,5H2/t11?,12?,17-/m0/s1. The van der Waals surface area contributed by atoms with Crippen LogP contribution in [0.1, 0.15) is 29.6 Å². The average Bonchev–Trinajstić information content (AvgIpc) is 2.97. The van der Waals surface area contributed by atoms with E-state index in [-0.39, 0.29) is 17.9 Å². The van der Waals surface area contributed by atoms with Gasteiger partial charge in [0.1, 0.15) is 11.6 Å². The number of rotatable bonds is 1. The van der Waals surface area contributed by atoms with Crippen molar-refractivity contribution in [2.45, 2.75) is 18.4 Å². The van der Waals surface area contributed by atoms with E-state index >= 15 is 0 Å². The Hall–Kier alpha value is -2.23. The molecule has 0 radical (unpaired) electrons. The second-order valence-electron chi connectivity index (χ2n) is 5.58. The molecule has 106 valence electrons. The zero-order valence-electron chi connectivity index (χ0n) is 11.3. The molecular formula is C17H14F2N2. The molecule has 1 aliphatic heterocycles. The summed E-state index contributed by atoms with van der Waals surface area (Å²) in [7, 11) is 0. The fourth-order valence-electron chi connectivity index (χ4n) is 3.47. The van der Waals surface area contributed by atoms with Gasteiger partial charge in [-0.05, 0) is 36.1 Å². The molecule has 2 heterocycles. The van der Waals surface area contributed by atoms with Crippen LogP contribution in [0.5, 0.6) is 0 Å². The van der Waals surface area contributed by atoms with Crippen LogP contribution in [-0.2, 0) is 0 Å². The van der Waals surface area contributed by atoms with Gasteiger partial charge in [0, 0.05) is 18.2 Å². The molecule has 1 aromatic heterocycles. The molecule has 2 nitrogen and oxygen atoms in total. The number of aromatic nitrogens is 1. The third-order valence-corrected chi connectivity index (χ3v) is 4.39. The number of hydrogen-bond acceptors (Lipinski definition) is 2. The highest BCUT2D eigenvalue weighted by Gasteiger charge is 2.39. The highest BCUT2D eigenvalue weighted by atomic mass is 19.1. The molecule has 1 N–H and O–H groups in total. The molecule has 4 rings (SSSR count). The Labute approximate surface area is 121 Å². The van der Waals surface area contributed by atoms with Gasteiger partial charge in [0.05, 0.1) is 17.4 Å². The van der Waals surface area contributed by atoms with Crippen LogP contribution in [-0.4, -0.2) is 4.98 Å². The van der Waals surface area contributed by atoms with Gasteiger partial charge < -0.3 is 5.32 Å². The Kier molecular flexibility index (Phi) is 2.77. The normalized spacial score (nSPS) is 26.1. The first-order valence-electron chi connectivity index (χ1n) is 7.07. The third kappa shape index (κ3) is 1.94. The lowest BCUT2D eigenvalue weighted by atomic mass is 9.78. The molecule has 0 saturated carbocycles. The van der Waals surface area contributed by atoms with Gasteiger partial charge in [0.2, 0.25) is 0 Å².